The van der Waals surface area contributed by atoms with Gasteiger partial charge in [-0.25, -0.2) is 14.4 Å². The molecule has 0 saturated heterocycles. The minimum Gasteiger partial charge on any atom is -0.463 e. The number of esters is 4. The standard InChI is InChI=1S/C15H20O7/c1-2-20-12(16)7-8-13(17)21-10-15(19)22-14(18)9-11-5-3-4-6-11/h7-8,11H,2-6,9-10H2,1H3/b8-7+. The second kappa shape index (κ2) is 9.70. The average molecular weight is 312 g/mol. The summed E-state index contributed by atoms with van der Waals surface area (Å²) in [6, 6.07) is 0. The maximum absolute atomic E-state index is 11.5. The van der Waals surface area contributed by atoms with Crippen molar-refractivity contribution in [3.8, 4) is 0 Å². The Kier molecular flexibility index (Phi) is 7.88. The predicted molar refractivity (Wildman–Crippen MR) is 74.4 cm³/mol. The zero-order valence-corrected chi connectivity index (χ0v) is 12.5. The summed E-state index contributed by atoms with van der Waals surface area (Å²) in [5.74, 6) is -2.84. The van der Waals surface area contributed by atoms with Crippen molar-refractivity contribution >= 4 is 23.9 Å². The van der Waals surface area contributed by atoms with Crippen LogP contribution in [0.1, 0.15) is 39.0 Å². The first-order valence-electron chi connectivity index (χ1n) is 7.26. The fourth-order valence-corrected chi connectivity index (χ4v) is 2.15. The number of rotatable bonds is 7. The number of ether oxygens (including phenoxy) is 3. The highest BCUT2D eigenvalue weighted by Crippen LogP contribution is 2.27. The minimum absolute atomic E-state index is 0.188. The first-order chi connectivity index (χ1) is 10.5. The Morgan fingerprint density at radius 1 is 0.955 bits per heavy atom. The lowest BCUT2D eigenvalue weighted by atomic mass is 10.1. The molecule has 0 N–H and O–H groups in total. The second-order valence-corrected chi connectivity index (χ2v) is 4.89. The van der Waals surface area contributed by atoms with Gasteiger partial charge < -0.3 is 14.2 Å². The van der Waals surface area contributed by atoms with Crippen molar-refractivity contribution in [3.05, 3.63) is 12.2 Å². The van der Waals surface area contributed by atoms with Crippen LogP contribution >= 0.6 is 0 Å². The molecule has 22 heavy (non-hydrogen) atoms. The molecule has 0 atom stereocenters. The Bertz CT molecular complexity index is 447. The van der Waals surface area contributed by atoms with E-state index in [2.05, 4.69) is 14.2 Å². The molecule has 7 nitrogen and oxygen atoms in total. The Balaban J connectivity index is 2.20. The lowest BCUT2D eigenvalue weighted by molar-refractivity contribution is -0.166. The van der Waals surface area contributed by atoms with Gasteiger partial charge in [-0.15, -0.1) is 0 Å². The molecule has 0 bridgehead atoms. The van der Waals surface area contributed by atoms with Gasteiger partial charge in [0.25, 0.3) is 0 Å². The highest BCUT2D eigenvalue weighted by Gasteiger charge is 2.21. The van der Waals surface area contributed by atoms with Crippen molar-refractivity contribution in [3.63, 3.8) is 0 Å². The molecule has 0 aromatic heterocycles. The monoisotopic (exact) mass is 312 g/mol. The van der Waals surface area contributed by atoms with E-state index < -0.39 is 30.5 Å². The topological polar surface area (TPSA) is 96.0 Å². The van der Waals surface area contributed by atoms with Crippen LogP contribution in [0.2, 0.25) is 0 Å². The maximum atomic E-state index is 11.5. The molecule has 1 fully saturated rings. The van der Waals surface area contributed by atoms with E-state index in [1.54, 1.807) is 6.92 Å². The highest BCUT2D eigenvalue weighted by molar-refractivity contribution is 5.93. The summed E-state index contributed by atoms with van der Waals surface area (Å²) in [5.41, 5.74) is 0. The molecule has 1 aliphatic carbocycles. The molecule has 0 amide bonds. The molecule has 7 heteroatoms. The maximum Gasteiger partial charge on any atom is 0.351 e. The summed E-state index contributed by atoms with van der Waals surface area (Å²) in [6.07, 6.45) is 6.07. The SMILES string of the molecule is CCOC(=O)/C=C/C(=O)OCC(=O)OC(=O)CC1CCCC1. The van der Waals surface area contributed by atoms with Gasteiger partial charge in [0.05, 0.1) is 6.61 Å². The van der Waals surface area contributed by atoms with Crippen LogP contribution in [0.15, 0.2) is 12.2 Å². The van der Waals surface area contributed by atoms with Crippen molar-refractivity contribution in [2.45, 2.75) is 39.0 Å². The van der Waals surface area contributed by atoms with Gasteiger partial charge in [-0.3, -0.25) is 4.79 Å². The third-order valence-electron chi connectivity index (χ3n) is 3.13. The van der Waals surface area contributed by atoms with E-state index in [9.17, 15) is 19.2 Å². The van der Waals surface area contributed by atoms with E-state index in [4.69, 9.17) is 0 Å². The molecular formula is C15H20O7. The summed E-state index contributed by atoms with van der Waals surface area (Å²) < 4.78 is 13.7. The molecule has 1 aliphatic rings. The van der Waals surface area contributed by atoms with Gasteiger partial charge in [0.1, 0.15) is 0 Å². The van der Waals surface area contributed by atoms with Gasteiger partial charge in [-0.05, 0) is 25.7 Å². The van der Waals surface area contributed by atoms with E-state index in [1.165, 1.54) is 0 Å². The molecule has 0 unspecified atom stereocenters. The third-order valence-corrected chi connectivity index (χ3v) is 3.13. The van der Waals surface area contributed by atoms with Crippen LogP contribution in [0.25, 0.3) is 0 Å². The molecule has 0 aliphatic heterocycles. The van der Waals surface area contributed by atoms with E-state index >= 15 is 0 Å². The lowest BCUT2D eigenvalue weighted by Gasteiger charge is -2.07. The molecule has 0 radical (unpaired) electrons. The summed E-state index contributed by atoms with van der Waals surface area (Å²) in [4.78, 5) is 45.0. The van der Waals surface area contributed by atoms with Crippen LogP contribution in [-0.4, -0.2) is 37.1 Å². The largest absolute Gasteiger partial charge is 0.463 e. The Morgan fingerprint density at radius 3 is 2.14 bits per heavy atom. The van der Waals surface area contributed by atoms with E-state index in [0.717, 1.165) is 37.8 Å². The summed E-state index contributed by atoms with van der Waals surface area (Å²) in [5, 5.41) is 0. The number of carbonyl (C=O) groups is 4. The molecule has 0 heterocycles. The minimum atomic E-state index is -0.930. The van der Waals surface area contributed by atoms with Gasteiger partial charge in [0.15, 0.2) is 6.61 Å². The molecule has 122 valence electrons. The van der Waals surface area contributed by atoms with Crippen molar-refractivity contribution in [1.29, 1.82) is 0 Å². The van der Waals surface area contributed by atoms with Gasteiger partial charge in [-0.2, -0.15) is 0 Å². The number of hydrogen-bond donors (Lipinski definition) is 0. The summed E-state index contributed by atoms with van der Waals surface area (Å²) in [6.45, 7) is 1.14. The van der Waals surface area contributed by atoms with Crippen LogP contribution < -0.4 is 0 Å². The van der Waals surface area contributed by atoms with Crippen molar-refractivity contribution in [2.24, 2.45) is 5.92 Å². The van der Waals surface area contributed by atoms with Crippen molar-refractivity contribution in [2.75, 3.05) is 13.2 Å². The number of carbonyl (C=O) groups excluding carboxylic acids is 4. The van der Waals surface area contributed by atoms with Crippen LogP contribution in [0.5, 0.6) is 0 Å². The molecular weight excluding hydrogens is 292 g/mol. The summed E-state index contributed by atoms with van der Waals surface area (Å²) >= 11 is 0. The van der Waals surface area contributed by atoms with Crippen LogP contribution in [0, 0.1) is 5.92 Å². The normalized spacial score (nSPS) is 14.8. The van der Waals surface area contributed by atoms with Gasteiger partial charge in [0.2, 0.25) is 0 Å². The molecule has 0 spiro atoms. The first-order valence-corrected chi connectivity index (χ1v) is 7.26. The van der Waals surface area contributed by atoms with E-state index in [0.29, 0.717) is 0 Å². The Morgan fingerprint density at radius 2 is 1.55 bits per heavy atom. The predicted octanol–water partition coefficient (Wildman–Crippen LogP) is 1.30. The zero-order chi connectivity index (χ0) is 16.4. The molecule has 0 aromatic rings. The van der Waals surface area contributed by atoms with Gasteiger partial charge in [0, 0.05) is 18.6 Å². The first kappa shape index (κ1) is 17.9. The zero-order valence-electron chi connectivity index (χ0n) is 12.5. The van der Waals surface area contributed by atoms with E-state index in [1.807, 2.05) is 0 Å². The quantitative estimate of drug-likeness (QED) is 0.302. The molecule has 1 rings (SSSR count). The molecule has 1 saturated carbocycles. The van der Waals surface area contributed by atoms with Crippen molar-refractivity contribution < 1.29 is 33.4 Å². The van der Waals surface area contributed by atoms with Gasteiger partial charge in [-0.1, -0.05) is 12.8 Å². The van der Waals surface area contributed by atoms with Crippen LogP contribution in [0.3, 0.4) is 0 Å². The summed E-state index contributed by atoms with van der Waals surface area (Å²) in [7, 11) is 0. The third kappa shape index (κ3) is 7.56. The Labute approximate surface area is 128 Å². The second-order valence-electron chi connectivity index (χ2n) is 4.89. The van der Waals surface area contributed by atoms with Crippen LogP contribution in [0.4, 0.5) is 0 Å². The fourth-order valence-electron chi connectivity index (χ4n) is 2.15. The smallest absolute Gasteiger partial charge is 0.351 e. The lowest BCUT2D eigenvalue weighted by Crippen LogP contribution is -2.20. The highest BCUT2D eigenvalue weighted by atomic mass is 16.6. The van der Waals surface area contributed by atoms with Crippen molar-refractivity contribution in [1.82, 2.24) is 0 Å². The Hall–Kier alpha value is -2.18. The van der Waals surface area contributed by atoms with E-state index in [-0.39, 0.29) is 18.9 Å². The molecule has 0 aromatic carbocycles. The fraction of sp³-hybridized carbons (Fsp3) is 0.600. The van der Waals surface area contributed by atoms with Crippen LogP contribution in [-0.2, 0) is 33.4 Å². The number of hydrogen-bond acceptors (Lipinski definition) is 7. The average Bonchev–Trinajstić information content (AvgIpc) is 2.96. The van der Waals surface area contributed by atoms with Gasteiger partial charge >= 0.3 is 23.9 Å².